The molecule has 2 N–H and O–H groups in total. The third-order valence-electron chi connectivity index (χ3n) is 7.14. The molecule has 12 nitrogen and oxygen atoms in total. The van der Waals surface area contributed by atoms with Gasteiger partial charge in [-0.05, 0) is 62.4 Å². The number of benzene rings is 2. The number of aromatic nitrogens is 6. The van der Waals surface area contributed by atoms with Crippen LogP contribution in [0.2, 0.25) is 0 Å². The van der Waals surface area contributed by atoms with Crippen LogP contribution in [0.3, 0.4) is 0 Å². The molecule has 0 saturated carbocycles. The molecule has 0 fully saturated rings. The first kappa shape index (κ1) is 30.9. The molecule has 0 bridgehead atoms. The average Bonchev–Trinajstić information content (AvgIpc) is 3.90. The molecule has 6 aromatic rings. The van der Waals surface area contributed by atoms with E-state index in [-0.39, 0.29) is 17.1 Å². The van der Waals surface area contributed by atoms with Crippen LogP contribution in [0.25, 0.3) is 34.1 Å². The van der Waals surface area contributed by atoms with E-state index in [4.69, 9.17) is 8.83 Å². The highest BCUT2D eigenvalue weighted by atomic mass is 32.2. The van der Waals surface area contributed by atoms with Gasteiger partial charge in [-0.25, -0.2) is 4.98 Å². The lowest BCUT2D eigenvalue weighted by atomic mass is 10.1. The summed E-state index contributed by atoms with van der Waals surface area (Å²) in [6.45, 7) is 3.66. The summed E-state index contributed by atoms with van der Waals surface area (Å²) in [5.41, 5.74) is 3.85. The lowest BCUT2D eigenvalue weighted by molar-refractivity contribution is -0.117. The fourth-order valence-electron chi connectivity index (χ4n) is 4.53. The van der Waals surface area contributed by atoms with Gasteiger partial charge < -0.3 is 23.6 Å². The SMILES string of the molecule is CC(Sc1n[nH]c(-c2ccoc2)n1)C(=O)Nc1ccc(-c2cc(-c3nnc(SC(C)C(=O)N(C)c4ccccc4)n3C)co2)cc1. The summed E-state index contributed by atoms with van der Waals surface area (Å²) in [4.78, 5) is 31.9. The van der Waals surface area contributed by atoms with Crippen LogP contribution < -0.4 is 10.2 Å². The topological polar surface area (TPSA) is 148 Å². The Morgan fingerprint density at radius 2 is 1.72 bits per heavy atom. The number of rotatable bonds is 11. The second-order valence-corrected chi connectivity index (χ2v) is 13.0. The lowest BCUT2D eigenvalue weighted by Crippen LogP contribution is -2.33. The van der Waals surface area contributed by atoms with Crippen LogP contribution in [0.4, 0.5) is 11.4 Å². The molecule has 2 unspecified atom stereocenters. The van der Waals surface area contributed by atoms with Gasteiger partial charge in [0.25, 0.3) is 0 Å². The van der Waals surface area contributed by atoms with Gasteiger partial charge in [-0.3, -0.25) is 14.7 Å². The normalized spacial score (nSPS) is 12.5. The van der Waals surface area contributed by atoms with Gasteiger partial charge in [-0.15, -0.1) is 15.3 Å². The Hall–Kier alpha value is -5.08. The predicted molar refractivity (Wildman–Crippen MR) is 177 cm³/mol. The van der Waals surface area contributed by atoms with Crippen molar-refractivity contribution in [2.75, 3.05) is 17.3 Å². The Labute approximate surface area is 273 Å². The van der Waals surface area contributed by atoms with E-state index in [1.807, 2.05) is 79.2 Å². The summed E-state index contributed by atoms with van der Waals surface area (Å²) < 4.78 is 12.8. The van der Waals surface area contributed by atoms with Crippen molar-refractivity contribution >= 4 is 46.7 Å². The Balaban J connectivity index is 1.05. The van der Waals surface area contributed by atoms with Crippen molar-refractivity contribution in [3.8, 4) is 34.1 Å². The predicted octanol–water partition coefficient (Wildman–Crippen LogP) is 6.38. The summed E-state index contributed by atoms with van der Waals surface area (Å²) >= 11 is 2.60. The zero-order chi connectivity index (χ0) is 32.2. The van der Waals surface area contributed by atoms with Crippen LogP contribution in [-0.4, -0.2) is 59.3 Å². The maximum atomic E-state index is 13.0. The second kappa shape index (κ2) is 13.5. The van der Waals surface area contributed by atoms with Crippen molar-refractivity contribution < 1.29 is 18.4 Å². The number of H-pyrrole nitrogens is 1. The molecule has 4 aromatic heterocycles. The van der Waals surface area contributed by atoms with Crippen molar-refractivity contribution in [1.82, 2.24) is 29.9 Å². The molecule has 0 aliphatic rings. The Morgan fingerprint density at radius 3 is 2.46 bits per heavy atom. The van der Waals surface area contributed by atoms with Gasteiger partial charge in [0.05, 0.1) is 27.9 Å². The fourth-order valence-corrected chi connectivity index (χ4v) is 6.17. The molecule has 14 heteroatoms. The first-order valence-corrected chi connectivity index (χ1v) is 16.0. The summed E-state index contributed by atoms with van der Waals surface area (Å²) in [6, 6.07) is 20.6. The van der Waals surface area contributed by atoms with Gasteiger partial charge in [0.1, 0.15) is 18.3 Å². The number of anilines is 2. The summed E-state index contributed by atoms with van der Waals surface area (Å²) in [7, 11) is 3.63. The largest absolute Gasteiger partial charge is 0.472 e. The zero-order valence-electron chi connectivity index (χ0n) is 25.4. The van der Waals surface area contributed by atoms with E-state index in [1.54, 1.807) is 43.7 Å². The molecule has 2 aromatic carbocycles. The molecular formula is C32H30N8O4S2. The number of carbonyl (C=O) groups is 2. The van der Waals surface area contributed by atoms with E-state index >= 15 is 0 Å². The van der Waals surface area contributed by atoms with Crippen LogP contribution in [0, 0.1) is 0 Å². The summed E-state index contributed by atoms with van der Waals surface area (Å²) in [5.74, 6) is 1.63. The second-order valence-electron chi connectivity index (χ2n) is 10.4. The fraction of sp³-hybridized carbons (Fsp3) is 0.188. The molecule has 0 aliphatic heterocycles. The number of hydrogen-bond donors (Lipinski definition) is 2. The van der Waals surface area contributed by atoms with Gasteiger partial charge in [0.15, 0.2) is 16.8 Å². The van der Waals surface area contributed by atoms with E-state index in [1.165, 1.54) is 23.5 Å². The molecule has 2 atom stereocenters. The number of amides is 2. The number of furan rings is 2. The third-order valence-corrected chi connectivity index (χ3v) is 9.23. The number of thioether (sulfide) groups is 2. The third kappa shape index (κ3) is 6.77. The molecule has 4 heterocycles. The molecule has 0 saturated heterocycles. The number of para-hydroxylation sites is 1. The van der Waals surface area contributed by atoms with Crippen molar-refractivity contribution in [3.05, 3.63) is 85.5 Å². The zero-order valence-corrected chi connectivity index (χ0v) is 27.0. The van der Waals surface area contributed by atoms with E-state index in [2.05, 4.69) is 30.7 Å². The molecule has 6 rings (SSSR count). The van der Waals surface area contributed by atoms with Crippen LogP contribution in [0.1, 0.15) is 13.8 Å². The van der Waals surface area contributed by atoms with Gasteiger partial charge in [0, 0.05) is 31.0 Å². The number of hydrogen-bond acceptors (Lipinski definition) is 10. The average molecular weight is 655 g/mol. The number of nitrogens with one attached hydrogen (secondary N) is 2. The van der Waals surface area contributed by atoms with Gasteiger partial charge in [-0.1, -0.05) is 41.7 Å². The highest BCUT2D eigenvalue weighted by molar-refractivity contribution is 8.00. The monoisotopic (exact) mass is 654 g/mol. The highest BCUT2D eigenvalue weighted by Crippen LogP contribution is 2.32. The van der Waals surface area contributed by atoms with Crippen molar-refractivity contribution in [1.29, 1.82) is 0 Å². The highest BCUT2D eigenvalue weighted by Gasteiger charge is 2.24. The Bertz CT molecular complexity index is 1930. The smallest absolute Gasteiger partial charge is 0.240 e. The van der Waals surface area contributed by atoms with Crippen LogP contribution in [0.5, 0.6) is 0 Å². The minimum Gasteiger partial charge on any atom is -0.472 e. The quantitative estimate of drug-likeness (QED) is 0.151. The Kier molecular flexibility index (Phi) is 9.08. The molecule has 2 amide bonds. The first-order valence-electron chi connectivity index (χ1n) is 14.3. The van der Waals surface area contributed by atoms with Crippen LogP contribution >= 0.6 is 23.5 Å². The van der Waals surface area contributed by atoms with Gasteiger partial charge >= 0.3 is 0 Å². The number of carbonyl (C=O) groups excluding carboxylic acids is 2. The van der Waals surface area contributed by atoms with Crippen molar-refractivity contribution in [2.24, 2.45) is 7.05 Å². The van der Waals surface area contributed by atoms with Gasteiger partial charge in [-0.2, -0.15) is 0 Å². The van der Waals surface area contributed by atoms with E-state index < -0.39 is 5.25 Å². The maximum absolute atomic E-state index is 13.0. The molecular weight excluding hydrogens is 625 g/mol. The summed E-state index contributed by atoms with van der Waals surface area (Å²) in [6.07, 6.45) is 4.76. The molecule has 46 heavy (non-hydrogen) atoms. The molecule has 0 radical (unpaired) electrons. The Morgan fingerprint density at radius 1 is 0.935 bits per heavy atom. The van der Waals surface area contributed by atoms with E-state index in [0.29, 0.717) is 33.4 Å². The molecule has 234 valence electrons. The van der Waals surface area contributed by atoms with Crippen LogP contribution in [0.15, 0.2) is 105 Å². The number of aromatic amines is 1. The van der Waals surface area contributed by atoms with E-state index in [9.17, 15) is 9.59 Å². The minimum absolute atomic E-state index is 0.0335. The number of nitrogens with zero attached hydrogens (tertiary/aromatic N) is 6. The van der Waals surface area contributed by atoms with E-state index in [0.717, 1.165) is 22.4 Å². The minimum atomic E-state index is -0.430. The molecule has 0 spiro atoms. The first-order chi connectivity index (χ1) is 22.3. The van der Waals surface area contributed by atoms with Crippen molar-refractivity contribution in [3.63, 3.8) is 0 Å². The standard InChI is InChI=1S/C32H30N8O4S2/c1-19(45-31-34-27(35-37-31)22-14-15-43-17-22)29(41)33-24-12-10-21(11-13-24)26-16-23(18-44-26)28-36-38-32(40(28)4)46-20(2)30(42)39(3)25-8-6-5-7-9-25/h5-20H,1-4H3,(H,33,41)(H,34,35,37). The maximum Gasteiger partial charge on any atom is 0.240 e. The molecule has 0 aliphatic carbocycles. The van der Waals surface area contributed by atoms with Gasteiger partial charge in [0.2, 0.25) is 17.0 Å². The van der Waals surface area contributed by atoms with Crippen LogP contribution in [-0.2, 0) is 16.6 Å². The summed E-state index contributed by atoms with van der Waals surface area (Å²) in [5, 5.41) is 18.9. The lowest BCUT2D eigenvalue weighted by Gasteiger charge is -2.20. The van der Waals surface area contributed by atoms with Crippen molar-refractivity contribution in [2.45, 2.75) is 34.7 Å².